The van der Waals surface area contributed by atoms with Crippen LogP contribution in [0.3, 0.4) is 0 Å². The van der Waals surface area contributed by atoms with Gasteiger partial charge in [0.25, 0.3) is 0 Å². The molecule has 1 saturated heterocycles. The zero-order chi connectivity index (χ0) is 12.3. The standard InChI is InChI=1S/C8H10O8/c1-2-4(6(10)11)8(13)3-5(9)14-16-15-7(8)12/h4,13H,2-3H2,1H3,(H,10,11). The van der Waals surface area contributed by atoms with Crippen molar-refractivity contribution in [3.05, 3.63) is 0 Å². The molecule has 2 atom stereocenters. The molecule has 2 unspecified atom stereocenters. The third kappa shape index (κ3) is 2.12. The third-order valence-corrected chi connectivity index (χ3v) is 2.29. The Labute approximate surface area is 89.6 Å². The first-order chi connectivity index (χ1) is 7.41. The van der Waals surface area contributed by atoms with Crippen LogP contribution in [0.4, 0.5) is 0 Å². The van der Waals surface area contributed by atoms with E-state index in [9.17, 15) is 19.5 Å². The summed E-state index contributed by atoms with van der Waals surface area (Å²) in [6, 6.07) is 0. The van der Waals surface area contributed by atoms with Gasteiger partial charge in [-0.15, -0.1) is 0 Å². The molecule has 0 radical (unpaired) electrons. The van der Waals surface area contributed by atoms with Crippen molar-refractivity contribution in [1.82, 2.24) is 0 Å². The fourth-order valence-electron chi connectivity index (χ4n) is 1.46. The van der Waals surface area contributed by atoms with Crippen molar-refractivity contribution in [2.45, 2.75) is 25.4 Å². The Morgan fingerprint density at radius 3 is 2.62 bits per heavy atom. The van der Waals surface area contributed by atoms with E-state index in [1.54, 1.807) is 0 Å². The van der Waals surface area contributed by atoms with Crippen LogP contribution >= 0.6 is 0 Å². The fourth-order valence-corrected chi connectivity index (χ4v) is 1.46. The minimum atomic E-state index is -2.48. The van der Waals surface area contributed by atoms with Gasteiger partial charge in [-0.3, -0.25) is 14.6 Å². The molecule has 1 rings (SSSR count). The van der Waals surface area contributed by atoms with Gasteiger partial charge in [0.2, 0.25) is 0 Å². The van der Waals surface area contributed by atoms with Gasteiger partial charge >= 0.3 is 17.9 Å². The maximum absolute atomic E-state index is 11.3. The number of hydrogen-bond donors (Lipinski definition) is 2. The molecule has 0 aliphatic carbocycles. The molecule has 0 amide bonds. The van der Waals surface area contributed by atoms with E-state index in [1.165, 1.54) is 6.92 Å². The van der Waals surface area contributed by atoms with Crippen LogP contribution in [0.25, 0.3) is 0 Å². The molecule has 1 fully saturated rings. The lowest BCUT2D eigenvalue weighted by molar-refractivity contribution is -0.457. The van der Waals surface area contributed by atoms with Gasteiger partial charge in [-0.2, -0.15) is 0 Å². The normalized spacial score (nSPS) is 27.6. The second-order valence-corrected chi connectivity index (χ2v) is 3.29. The first-order valence-electron chi connectivity index (χ1n) is 4.45. The van der Waals surface area contributed by atoms with Crippen molar-refractivity contribution in [3.63, 3.8) is 0 Å². The predicted molar refractivity (Wildman–Crippen MR) is 44.3 cm³/mol. The van der Waals surface area contributed by atoms with Gasteiger partial charge in [-0.25, -0.2) is 9.59 Å². The van der Waals surface area contributed by atoms with Gasteiger partial charge in [0, 0.05) is 5.04 Å². The van der Waals surface area contributed by atoms with E-state index in [2.05, 4.69) is 14.8 Å². The van der Waals surface area contributed by atoms with Crippen LogP contribution in [-0.2, 0) is 29.2 Å². The smallest absolute Gasteiger partial charge is 0.379 e. The van der Waals surface area contributed by atoms with E-state index in [1.807, 2.05) is 0 Å². The van der Waals surface area contributed by atoms with E-state index in [4.69, 9.17) is 5.11 Å². The predicted octanol–water partition coefficient (Wildman–Crippen LogP) is -0.835. The zero-order valence-electron chi connectivity index (χ0n) is 8.34. The van der Waals surface area contributed by atoms with Crippen LogP contribution in [0.15, 0.2) is 0 Å². The van der Waals surface area contributed by atoms with Gasteiger partial charge in [0.1, 0.15) is 0 Å². The summed E-state index contributed by atoms with van der Waals surface area (Å²) in [5, 5.41) is 22.4. The molecule has 0 aromatic rings. The number of hydrogen-bond acceptors (Lipinski definition) is 7. The maximum Gasteiger partial charge on any atom is 0.379 e. The van der Waals surface area contributed by atoms with Crippen molar-refractivity contribution >= 4 is 17.9 Å². The molecule has 16 heavy (non-hydrogen) atoms. The van der Waals surface area contributed by atoms with Crippen LogP contribution in [0.2, 0.25) is 0 Å². The van der Waals surface area contributed by atoms with Crippen LogP contribution in [0.5, 0.6) is 0 Å². The molecule has 1 aliphatic rings. The topological polar surface area (TPSA) is 119 Å². The molecular formula is C8H10O8. The highest BCUT2D eigenvalue weighted by atomic mass is 17.5. The number of carbonyl (C=O) groups is 3. The summed E-state index contributed by atoms with van der Waals surface area (Å²) in [6.07, 6.45) is -0.898. The second-order valence-electron chi connectivity index (χ2n) is 3.29. The Morgan fingerprint density at radius 2 is 2.12 bits per heavy atom. The van der Waals surface area contributed by atoms with E-state index in [0.29, 0.717) is 0 Å². The van der Waals surface area contributed by atoms with E-state index in [-0.39, 0.29) is 6.42 Å². The Bertz CT molecular complexity index is 322. The average Bonchev–Trinajstić information content (AvgIpc) is 2.28. The van der Waals surface area contributed by atoms with Crippen molar-refractivity contribution < 1.29 is 39.4 Å². The van der Waals surface area contributed by atoms with E-state index in [0.717, 1.165) is 0 Å². The number of aliphatic carboxylic acids is 1. The van der Waals surface area contributed by atoms with Gasteiger partial charge in [0.05, 0.1) is 12.3 Å². The molecular weight excluding hydrogens is 224 g/mol. The average molecular weight is 234 g/mol. The lowest BCUT2D eigenvalue weighted by Gasteiger charge is -2.26. The van der Waals surface area contributed by atoms with E-state index < -0.39 is 35.8 Å². The van der Waals surface area contributed by atoms with Gasteiger partial charge < -0.3 is 10.2 Å². The lowest BCUT2D eigenvalue weighted by atomic mass is 9.82. The summed E-state index contributed by atoms with van der Waals surface area (Å²) in [5.74, 6) is -5.36. The highest BCUT2D eigenvalue weighted by Crippen LogP contribution is 2.29. The van der Waals surface area contributed by atoms with Crippen molar-refractivity contribution in [3.8, 4) is 0 Å². The molecule has 1 aliphatic heterocycles. The number of carboxylic acid groups (broad SMARTS) is 1. The molecule has 0 bridgehead atoms. The summed E-state index contributed by atoms with van der Waals surface area (Å²) in [4.78, 5) is 40.9. The zero-order valence-corrected chi connectivity index (χ0v) is 8.34. The lowest BCUT2D eigenvalue weighted by Crippen LogP contribution is -2.50. The highest BCUT2D eigenvalue weighted by molar-refractivity contribution is 5.91. The van der Waals surface area contributed by atoms with E-state index >= 15 is 0 Å². The molecule has 0 aromatic carbocycles. The Morgan fingerprint density at radius 1 is 1.50 bits per heavy atom. The number of carboxylic acids is 1. The van der Waals surface area contributed by atoms with Crippen molar-refractivity contribution in [2.75, 3.05) is 0 Å². The largest absolute Gasteiger partial charge is 0.481 e. The molecule has 1 heterocycles. The summed E-state index contributed by atoms with van der Waals surface area (Å²) in [6.45, 7) is 1.45. The van der Waals surface area contributed by atoms with Gasteiger partial charge in [-0.05, 0) is 6.42 Å². The summed E-state index contributed by atoms with van der Waals surface area (Å²) in [5.41, 5.74) is -2.48. The maximum atomic E-state index is 11.3. The third-order valence-electron chi connectivity index (χ3n) is 2.29. The molecule has 90 valence electrons. The highest BCUT2D eigenvalue weighted by Gasteiger charge is 2.53. The van der Waals surface area contributed by atoms with Crippen molar-refractivity contribution in [1.29, 1.82) is 0 Å². The van der Waals surface area contributed by atoms with Crippen LogP contribution in [-0.4, -0.2) is 33.7 Å². The summed E-state index contributed by atoms with van der Waals surface area (Å²) < 4.78 is 0. The number of aliphatic hydroxyl groups is 1. The Balaban J connectivity index is 3.05. The van der Waals surface area contributed by atoms with Crippen molar-refractivity contribution in [2.24, 2.45) is 5.92 Å². The molecule has 8 nitrogen and oxygen atoms in total. The molecule has 0 saturated carbocycles. The fraction of sp³-hybridized carbons (Fsp3) is 0.625. The molecule has 0 spiro atoms. The number of rotatable bonds is 3. The summed E-state index contributed by atoms with van der Waals surface area (Å²) in [7, 11) is 0. The second kappa shape index (κ2) is 4.45. The monoisotopic (exact) mass is 234 g/mol. The van der Waals surface area contributed by atoms with Gasteiger partial charge in [0.15, 0.2) is 5.60 Å². The van der Waals surface area contributed by atoms with Crippen LogP contribution < -0.4 is 0 Å². The molecule has 2 N–H and O–H groups in total. The minimum absolute atomic E-state index is 0.0613. The van der Waals surface area contributed by atoms with Crippen LogP contribution in [0, 0.1) is 5.92 Å². The Kier molecular flexibility index (Phi) is 3.45. The SMILES string of the molecule is CCC(C(=O)O)C1(O)CC(=O)OOOC1=O. The Hall–Kier alpha value is -1.67. The molecule has 8 heteroatoms. The number of carbonyl (C=O) groups excluding carboxylic acids is 2. The summed E-state index contributed by atoms with van der Waals surface area (Å²) >= 11 is 0. The first-order valence-corrected chi connectivity index (χ1v) is 4.45. The van der Waals surface area contributed by atoms with Gasteiger partial charge in [-0.1, -0.05) is 6.92 Å². The minimum Gasteiger partial charge on any atom is -0.481 e. The van der Waals surface area contributed by atoms with Crippen LogP contribution in [0.1, 0.15) is 19.8 Å². The first kappa shape index (κ1) is 12.4. The quantitative estimate of drug-likeness (QED) is 0.607. The molecule has 0 aromatic heterocycles.